The van der Waals surface area contributed by atoms with Crippen molar-refractivity contribution < 1.29 is 4.79 Å². The van der Waals surface area contributed by atoms with Crippen LogP contribution in [0.1, 0.15) is 28.8 Å². The Labute approximate surface area is 140 Å². The Morgan fingerprint density at radius 2 is 2.00 bits per heavy atom. The smallest absolute Gasteiger partial charge is 0.253 e. The Hall–Kier alpha value is -2.82. The Morgan fingerprint density at radius 3 is 2.79 bits per heavy atom. The zero-order valence-corrected chi connectivity index (χ0v) is 13.9. The van der Waals surface area contributed by atoms with E-state index < -0.39 is 0 Å². The molecule has 0 aliphatic rings. The summed E-state index contributed by atoms with van der Waals surface area (Å²) in [6, 6.07) is 9.96. The lowest BCUT2D eigenvalue weighted by Crippen LogP contribution is -2.28. The third-order valence-electron chi connectivity index (χ3n) is 4.25. The van der Waals surface area contributed by atoms with Gasteiger partial charge in [-0.3, -0.25) is 9.59 Å². The van der Waals surface area contributed by atoms with Crippen LogP contribution >= 0.6 is 0 Å². The van der Waals surface area contributed by atoms with E-state index in [9.17, 15) is 9.59 Å². The van der Waals surface area contributed by atoms with Crippen LogP contribution in [0, 0.1) is 13.8 Å². The molecule has 2 aromatic heterocycles. The van der Waals surface area contributed by atoms with Crippen LogP contribution < -0.4 is 10.9 Å². The summed E-state index contributed by atoms with van der Waals surface area (Å²) < 4.78 is 0. The van der Waals surface area contributed by atoms with Gasteiger partial charge in [0.05, 0.1) is 0 Å². The van der Waals surface area contributed by atoms with Crippen molar-refractivity contribution in [3.05, 3.63) is 69.3 Å². The van der Waals surface area contributed by atoms with Gasteiger partial charge in [-0.1, -0.05) is 18.2 Å². The molecule has 3 rings (SSSR count). The highest BCUT2D eigenvalue weighted by molar-refractivity contribution is 5.84. The van der Waals surface area contributed by atoms with Crippen LogP contribution in [0.3, 0.4) is 0 Å². The van der Waals surface area contributed by atoms with Crippen molar-refractivity contribution in [2.45, 2.75) is 33.2 Å². The summed E-state index contributed by atoms with van der Waals surface area (Å²) >= 11 is 0. The quantitative estimate of drug-likeness (QED) is 0.675. The van der Waals surface area contributed by atoms with E-state index in [1.54, 1.807) is 0 Å². The van der Waals surface area contributed by atoms with E-state index >= 15 is 0 Å². The van der Waals surface area contributed by atoms with Gasteiger partial charge < -0.3 is 15.3 Å². The van der Waals surface area contributed by atoms with E-state index in [0.29, 0.717) is 18.4 Å². The molecule has 0 fully saturated rings. The molecule has 0 aliphatic heterocycles. The lowest BCUT2D eigenvalue weighted by atomic mass is 10.1. The van der Waals surface area contributed by atoms with Gasteiger partial charge in [0, 0.05) is 41.3 Å². The number of pyridine rings is 1. The van der Waals surface area contributed by atoms with Gasteiger partial charge in [0.15, 0.2) is 0 Å². The molecule has 0 saturated heterocycles. The van der Waals surface area contributed by atoms with Crippen molar-refractivity contribution in [3.63, 3.8) is 0 Å². The van der Waals surface area contributed by atoms with E-state index in [2.05, 4.69) is 15.3 Å². The highest BCUT2D eigenvalue weighted by Gasteiger charge is 2.09. The zero-order chi connectivity index (χ0) is 17.1. The van der Waals surface area contributed by atoms with Crippen LogP contribution in [0.4, 0.5) is 0 Å². The first-order valence-corrected chi connectivity index (χ1v) is 8.05. The van der Waals surface area contributed by atoms with Crippen LogP contribution in [0.25, 0.3) is 10.9 Å². The number of hydrogen-bond acceptors (Lipinski definition) is 2. The number of rotatable bonds is 5. The second-order valence-corrected chi connectivity index (χ2v) is 6.08. The largest absolute Gasteiger partial charge is 0.361 e. The number of aromatic nitrogens is 2. The normalized spacial score (nSPS) is 10.9. The molecule has 5 heteroatoms. The fraction of sp³-hybridized carbons (Fsp3) is 0.263. The molecule has 24 heavy (non-hydrogen) atoms. The molecule has 0 atom stereocenters. The molecule has 1 aromatic carbocycles. The second-order valence-electron chi connectivity index (χ2n) is 6.08. The minimum Gasteiger partial charge on any atom is -0.361 e. The molecule has 0 bridgehead atoms. The average molecular weight is 323 g/mol. The number of amides is 1. The first kappa shape index (κ1) is 16.1. The van der Waals surface area contributed by atoms with E-state index in [-0.39, 0.29) is 18.0 Å². The predicted molar refractivity (Wildman–Crippen MR) is 95.0 cm³/mol. The Morgan fingerprint density at radius 1 is 1.21 bits per heavy atom. The van der Waals surface area contributed by atoms with Crippen LogP contribution in [-0.2, 0) is 17.8 Å². The minimum atomic E-state index is -0.135. The number of aryl methyl sites for hydroxylation is 3. The molecule has 3 N–H and O–H groups in total. The van der Waals surface area contributed by atoms with Gasteiger partial charge in [-0.2, -0.15) is 0 Å². The molecule has 0 aliphatic carbocycles. The van der Waals surface area contributed by atoms with Crippen LogP contribution in [-0.4, -0.2) is 15.9 Å². The van der Waals surface area contributed by atoms with Gasteiger partial charge >= 0.3 is 0 Å². The summed E-state index contributed by atoms with van der Waals surface area (Å²) in [6.07, 6.45) is 3.01. The van der Waals surface area contributed by atoms with E-state index in [4.69, 9.17) is 0 Å². The van der Waals surface area contributed by atoms with Crippen molar-refractivity contribution in [3.8, 4) is 0 Å². The Balaban J connectivity index is 1.60. The maximum atomic E-state index is 12.1. The molecule has 0 unspecified atom stereocenters. The molecule has 0 spiro atoms. The van der Waals surface area contributed by atoms with Crippen molar-refractivity contribution in [2.75, 3.05) is 0 Å². The summed E-state index contributed by atoms with van der Waals surface area (Å²) in [5.41, 5.74) is 4.41. The highest BCUT2D eigenvalue weighted by atomic mass is 16.1. The van der Waals surface area contributed by atoms with E-state index in [1.807, 2.05) is 50.4 Å². The first-order chi connectivity index (χ1) is 11.5. The molecular formula is C19H21N3O2. The van der Waals surface area contributed by atoms with Gasteiger partial charge in [0.1, 0.15) is 0 Å². The number of carbonyl (C=O) groups excluding carboxylic acids is 1. The van der Waals surface area contributed by atoms with Gasteiger partial charge in [-0.15, -0.1) is 0 Å². The van der Waals surface area contributed by atoms with E-state index in [1.165, 1.54) is 0 Å². The minimum absolute atomic E-state index is 0.0559. The lowest BCUT2D eigenvalue weighted by molar-refractivity contribution is -0.121. The van der Waals surface area contributed by atoms with Crippen molar-refractivity contribution >= 4 is 16.8 Å². The summed E-state index contributed by atoms with van der Waals surface area (Å²) in [7, 11) is 0. The molecule has 124 valence electrons. The first-order valence-electron chi connectivity index (χ1n) is 8.05. The number of fused-ring (bicyclic) bond motifs is 1. The second kappa shape index (κ2) is 6.74. The number of H-pyrrole nitrogens is 2. The number of para-hydroxylation sites is 1. The zero-order valence-electron chi connectivity index (χ0n) is 13.9. The fourth-order valence-electron chi connectivity index (χ4n) is 2.96. The summed E-state index contributed by atoms with van der Waals surface area (Å²) in [5, 5.41) is 3.99. The monoisotopic (exact) mass is 323 g/mol. The number of aromatic amines is 2. The van der Waals surface area contributed by atoms with Crippen LogP contribution in [0.15, 0.2) is 41.3 Å². The number of carbonyl (C=O) groups is 1. The molecule has 3 aromatic rings. The fourth-order valence-corrected chi connectivity index (χ4v) is 2.96. The van der Waals surface area contributed by atoms with Gasteiger partial charge in [-0.25, -0.2) is 0 Å². The third kappa shape index (κ3) is 3.40. The molecule has 2 heterocycles. The maximum Gasteiger partial charge on any atom is 0.253 e. The average Bonchev–Trinajstić information content (AvgIpc) is 2.95. The molecular weight excluding hydrogens is 302 g/mol. The summed E-state index contributed by atoms with van der Waals surface area (Å²) in [4.78, 5) is 30.0. The lowest BCUT2D eigenvalue weighted by Gasteiger charge is -2.08. The Kier molecular flexibility index (Phi) is 4.51. The molecule has 0 saturated carbocycles. The topological polar surface area (TPSA) is 77.8 Å². The van der Waals surface area contributed by atoms with E-state index in [0.717, 1.165) is 27.7 Å². The summed E-state index contributed by atoms with van der Waals surface area (Å²) in [6.45, 7) is 3.99. The molecule has 0 radical (unpaired) electrons. The summed E-state index contributed by atoms with van der Waals surface area (Å²) in [5.74, 6) is -0.0559. The Bertz CT molecular complexity index is 937. The number of hydrogen-bond donors (Lipinski definition) is 3. The number of benzene rings is 1. The van der Waals surface area contributed by atoms with Gasteiger partial charge in [0.25, 0.3) is 5.56 Å². The third-order valence-corrected chi connectivity index (χ3v) is 4.25. The van der Waals surface area contributed by atoms with Gasteiger partial charge in [-0.05, 0) is 43.5 Å². The van der Waals surface area contributed by atoms with Gasteiger partial charge in [0.2, 0.25) is 5.91 Å². The predicted octanol–water partition coefficient (Wildman–Crippen LogP) is 2.72. The highest BCUT2D eigenvalue weighted by Crippen LogP contribution is 2.18. The maximum absolute atomic E-state index is 12.1. The van der Waals surface area contributed by atoms with Crippen LogP contribution in [0.2, 0.25) is 0 Å². The van der Waals surface area contributed by atoms with Crippen molar-refractivity contribution in [2.24, 2.45) is 0 Å². The SMILES string of the molecule is Cc1cc(C)c(CNC(=O)CCc2c[nH]c3ccccc23)c(=O)[nH]1. The number of nitrogens with one attached hydrogen (secondary N) is 3. The standard InChI is InChI=1S/C19H21N3O2/c1-12-9-13(2)22-19(24)16(12)11-21-18(23)8-7-14-10-20-17-6-4-3-5-15(14)17/h3-6,9-10,20H,7-8,11H2,1-2H3,(H,21,23)(H,22,24). The van der Waals surface area contributed by atoms with Crippen molar-refractivity contribution in [1.82, 2.24) is 15.3 Å². The molecule has 1 amide bonds. The van der Waals surface area contributed by atoms with Crippen LogP contribution in [0.5, 0.6) is 0 Å². The molecule has 5 nitrogen and oxygen atoms in total. The van der Waals surface area contributed by atoms with Crippen molar-refractivity contribution in [1.29, 1.82) is 0 Å².